The minimum absolute atomic E-state index is 0.331. The van der Waals surface area contributed by atoms with Crippen LogP contribution >= 0.6 is 31.9 Å². The van der Waals surface area contributed by atoms with Crippen molar-refractivity contribution in [2.75, 3.05) is 11.5 Å². The highest BCUT2D eigenvalue weighted by atomic mass is 79.9. The van der Waals surface area contributed by atoms with E-state index in [1.807, 2.05) is 12.1 Å². The standard InChI is InChI=1S/C6H3Br2N3.C6H5N3/c7-4-1-3(2-9)11-6(8)5(4)10;7-3-6-2-1-5(8)4-9-6/h1H,10H2;1-2,4H,8H2. The lowest BCUT2D eigenvalue weighted by Gasteiger charge is -1.99. The van der Waals surface area contributed by atoms with Crippen molar-refractivity contribution < 1.29 is 0 Å². The lowest BCUT2D eigenvalue weighted by atomic mass is 10.3. The van der Waals surface area contributed by atoms with Crippen molar-refractivity contribution in [1.29, 1.82) is 10.5 Å². The molecule has 20 heavy (non-hydrogen) atoms. The number of halogens is 2. The van der Waals surface area contributed by atoms with Gasteiger partial charge in [-0.25, -0.2) is 9.97 Å². The number of pyridine rings is 2. The minimum atomic E-state index is 0.331. The summed E-state index contributed by atoms with van der Waals surface area (Å²) in [7, 11) is 0. The molecule has 8 heteroatoms. The maximum atomic E-state index is 8.48. The van der Waals surface area contributed by atoms with E-state index < -0.39 is 0 Å². The third kappa shape index (κ3) is 4.50. The topological polar surface area (TPSA) is 125 Å². The molecule has 0 spiro atoms. The zero-order valence-electron chi connectivity index (χ0n) is 10.0. The molecule has 0 saturated heterocycles. The molecule has 0 atom stereocenters. The highest BCUT2D eigenvalue weighted by Gasteiger charge is 2.04. The van der Waals surface area contributed by atoms with Crippen LogP contribution in [0.25, 0.3) is 0 Å². The average Bonchev–Trinajstić information content (AvgIpc) is 2.45. The number of aromatic nitrogens is 2. The van der Waals surface area contributed by atoms with Crippen LogP contribution in [-0.2, 0) is 0 Å². The van der Waals surface area contributed by atoms with E-state index in [1.54, 1.807) is 18.2 Å². The molecule has 0 radical (unpaired) electrons. The molecule has 0 aliphatic carbocycles. The van der Waals surface area contributed by atoms with Crippen LogP contribution < -0.4 is 11.5 Å². The number of nitrogen functional groups attached to an aromatic ring is 2. The number of nitriles is 2. The van der Waals surface area contributed by atoms with Crippen LogP contribution in [0, 0.1) is 22.7 Å². The van der Waals surface area contributed by atoms with Crippen LogP contribution in [-0.4, -0.2) is 9.97 Å². The number of rotatable bonds is 0. The first-order valence-electron chi connectivity index (χ1n) is 5.11. The SMILES string of the molecule is N#Cc1cc(Br)c(N)c(Br)n1.N#Cc1ccc(N)cn1. The zero-order valence-corrected chi connectivity index (χ0v) is 13.2. The second-order valence-electron chi connectivity index (χ2n) is 3.39. The van der Waals surface area contributed by atoms with E-state index in [0.717, 1.165) is 0 Å². The van der Waals surface area contributed by atoms with Crippen molar-refractivity contribution in [3.05, 3.63) is 44.9 Å². The lowest BCUT2D eigenvalue weighted by molar-refractivity contribution is 1.22. The molecule has 0 aliphatic rings. The van der Waals surface area contributed by atoms with E-state index in [9.17, 15) is 0 Å². The highest BCUT2D eigenvalue weighted by molar-refractivity contribution is 9.11. The molecule has 0 aromatic carbocycles. The third-order valence-electron chi connectivity index (χ3n) is 1.98. The van der Waals surface area contributed by atoms with Crippen LogP contribution in [0.3, 0.4) is 0 Å². The van der Waals surface area contributed by atoms with Crippen molar-refractivity contribution >= 4 is 43.2 Å². The van der Waals surface area contributed by atoms with Gasteiger partial charge in [-0.05, 0) is 50.1 Å². The van der Waals surface area contributed by atoms with E-state index in [2.05, 4.69) is 41.8 Å². The van der Waals surface area contributed by atoms with Crippen LogP contribution in [0.1, 0.15) is 11.4 Å². The van der Waals surface area contributed by atoms with Gasteiger partial charge in [0.05, 0.1) is 17.6 Å². The maximum absolute atomic E-state index is 8.48. The van der Waals surface area contributed by atoms with Crippen LogP contribution in [0.5, 0.6) is 0 Å². The Kier molecular flexibility index (Phi) is 5.91. The predicted octanol–water partition coefficient (Wildman–Crippen LogP) is 2.60. The first-order valence-corrected chi connectivity index (χ1v) is 6.69. The van der Waals surface area contributed by atoms with Crippen molar-refractivity contribution in [3.8, 4) is 12.1 Å². The van der Waals surface area contributed by atoms with Gasteiger partial charge in [0.2, 0.25) is 0 Å². The molecule has 2 rings (SSSR count). The van der Waals surface area contributed by atoms with Crippen LogP contribution in [0.2, 0.25) is 0 Å². The summed E-state index contributed by atoms with van der Waals surface area (Å²) in [6, 6.07) is 8.59. The van der Waals surface area contributed by atoms with Gasteiger partial charge in [-0.2, -0.15) is 10.5 Å². The Morgan fingerprint density at radius 3 is 2.15 bits per heavy atom. The van der Waals surface area contributed by atoms with Gasteiger partial charge in [0.15, 0.2) is 0 Å². The number of anilines is 2. The van der Waals surface area contributed by atoms with Gasteiger partial charge < -0.3 is 11.5 Å². The Hall–Kier alpha value is -2.16. The van der Waals surface area contributed by atoms with Gasteiger partial charge in [-0.15, -0.1) is 0 Å². The molecule has 0 amide bonds. The average molecular weight is 396 g/mol. The van der Waals surface area contributed by atoms with E-state index in [4.69, 9.17) is 22.0 Å². The van der Waals surface area contributed by atoms with Crippen LogP contribution in [0.4, 0.5) is 11.4 Å². The molecule has 0 saturated carbocycles. The van der Waals surface area contributed by atoms with Gasteiger partial charge in [0.25, 0.3) is 0 Å². The van der Waals surface area contributed by atoms with Crippen molar-refractivity contribution in [3.63, 3.8) is 0 Å². The molecular formula is C12H8Br2N6. The van der Waals surface area contributed by atoms with E-state index in [-0.39, 0.29) is 0 Å². The summed E-state index contributed by atoms with van der Waals surface area (Å²) in [6.07, 6.45) is 1.46. The number of hydrogen-bond donors (Lipinski definition) is 2. The quantitative estimate of drug-likeness (QED) is 0.660. The molecule has 6 nitrogen and oxygen atoms in total. The maximum Gasteiger partial charge on any atom is 0.143 e. The molecule has 0 bridgehead atoms. The highest BCUT2D eigenvalue weighted by Crippen LogP contribution is 2.26. The Morgan fingerprint density at radius 1 is 1.05 bits per heavy atom. The monoisotopic (exact) mass is 394 g/mol. The van der Waals surface area contributed by atoms with Crippen molar-refractivity contribution in [1.82, 2.24) is 9.97 Å². The normalized spacial score (nSPS) is 8.80. The summed E-state index contributed by atoms with van der Waals surface area (Å²) in [5.41, 5.74) is 12.7. The Balaban J connectivity index is 0.000000204. The molecule has 2 heterocycles. The molecule has 0 fully saturated rings. The van der Waals surface area contributed by atoms with Gasteiger partial charge in [-0.1, -0.05) is 0 Å². The summed E-state index contributed by atoms with van der Waals surface area (Å²) >= 11 is 6.31. The number of hydrogen-bond acceptors (Lipinski definition) is 6. The number of nitrogens with two attached hydrogens (primary N) is 2. The van der Waals surface area contributed by atoms with Gasteiger partial charge >= 0.3 is 0 Å². The second kappa shape index (κ2) is 7.43. The molecular weight excluding hydrogens is 388 g/mol. The van der Waals surface area contributed by atoms with Crippen molar-refractivity contribution in [2.24, 2.45) is 0 Å². The fraction of sp³-hybridized carbons (Fsp3) is 0. The van der Waals surface area contributed by atoms with Gasteiger partial charge in [0, 0.05) is 4.47 Å². The second-order valence-corrected chi connectivity index (χ2v) is 5.00. The molecule has 2 aromatic heterocycles. The third-order valence-corrected chi connectivity index (χ3v) is 3.24. The summed E-state index contributed by atoms with van der Waals surface area (Å²) in [6.45, 7) is 0. The fourth-order valence-electron chi connectivity index (χ4n) is 1.02. The fourth-order valence-corrected chi connectivity index (χ4v) is 2.10. The van der Waals surface area contributed by atoms with E-state index >= 15 is 0 Å². The Morgan fingerprint density at radius 2 is 1.70 bits per heavy atom. The lowest BCUT2D eigenvalue weighted by Crippen LogP contribution is -1.93. The summed E-state index contributed by atoms with van der Waals surface area (Å²) in [5, 5.41) is 16.8. The molecule has 2 aromatic rings. The first kappa shape index (κ1) is 15.9. The first-order chi connectivity index (χ1) is 9.47. The zero-order chi connectivity index (χ0) is 15.1. The smallest absolute Gasteiger partial charge is 0.143 e. The van der Waals surface area contributed by atoms with Gasteiger partial charge in [0.1, 0.15) is 28.1 Å². The Bertz CT molecular complexity index is 662. The predicted molar refractivity (Wildman–Crippen MR) is 82.1 cm³/mol. The van der Waals surface area contributed by atoms with Crippen LogP contribution in [0.15, 0.2) is 33.5 Å². The van der Waals surface area contributed by atoms with E-state index in [1.165, 1.54) is 6.20 Å². The number of nitrogens with zero attached hydrogens (tertiary/aromatic N) is 4. The summed E-state index contributed by atoms with van der Waals surface area (Å²) < 4.78 is 1.17. The minimum Gasteiger partial charge on any atom is -0.397 e. The summed E-state index contributed by atoms with van der Waals surface area (Å²) in [5.74, 6) is 0. The van der Waals surface area contributed by atoms with E-state index in [0.29, 0.717) is 31.8 Å². The molecule has 100 valence electrons. The molecule has 4 N–H and O–H groups in total. The summed E-state index contributed by atoms with van der Waals surface area (Å²) in [4.78, 5) is 7.56. The molecule has 0 aliphatic heterocycles. The van der Waals surface area contributed by atoms with Crippen molar-refractivity contribution in [2.45, 2.75) is 0 Å². The largest absolute Gasteiger partial charge is 0.397 e. The Labute approximate surface area is 132 Å². The van der Waals surface area contributed by atoms with Gasteiger partial charge in [-0.3, -0.25) is 0 Å². The molecule has 0 unspecified atom stereocenters.